The van der Waals surface area contributed by atoms with Crippen LogP contribution < -0.4 is 14.8 Å². The van der Waals surface area contributed by atoms with Crippen molar-refractivity contribution in [1.29, 1.82) is 0 Å². The molecule has 3 heterocycles. The summed E-state index contributed by atoms with van der Waals surface area (Å²) in [6, 6.07) is 16.0. The Kier molecular flexibility index (Phi) is 7.51. The zero-order valence-electron chi connectivity index (χ0n) is 19.7. The monoisotopic (exact) mass is 495 g/mol. The summed E-state index contributed by atoms with van der Waals surface area (Å²) in [4.78, 5) is 14.8. The number of fused-ring (bicyclic) bond motifs is 1. The maximum atomic E-state index is 12.4. The number of carbonyl (C=O) groups excluding carboxylic acids is 1. The molecule has 35 heavy (non-hydrogen) atoms. The molecule has 1 amide bonds. The number of para-hydroxylation sites is 2. The van der Waals surface area contributed by atoms with E-state index in [-0.39, 0.29) is 17.8 Å². The smallest absolute Gasteiger partial charge is 0.230 e. The second kappa shape index (κ2) is 11.1. The lowest BCUT2D eigenvalue weighted by molar-refractivity contribution is -0.118. The summed E-state index contributed by atoms with van der Waals surface area (Å²) >= 11 is 1.35. The van der Waals surface area contributed by atoms with E-state index in [2.05, 4.69) is 44.7 Å². The van der Waals surface area contributed by atoms with Crippen LogP contribution in [-0.2, 0) is 29.7 Å². The number of hydrogen-bond donors (Lipinski definition) is 1. The van der Waals surface area contributed by atoms with Crippen molar-refractivity contribution in [2.45, 2.75) is 24.3 Å². The van der Waals surface area contributed by atoms with Crippen LogP contribution in [0.2, 0.25) is 0 Å². The Morgan fingerprint density at radius 1 is 1.06 bits per heavy atom. The minimum absolute atomic E-state index is 0.0527. The highest BCUT2D eigenvalue weighted by Gasteiger charge is 2.27. The van der Waals surface area contributed by atoms with Gasteiger partial charge in [-0.05, 0) is 23.3 Å². The van der Waals surface area contributed by atoms with Gasteiger partial charge in [0.25, 0.3) is 0 Å². The van der Waals surface area contributed by atoms with E-state index < -0.39 is 0 Å². The molecular formula is C25H29N5O4S. The third kappa shape index (κ3) is 5.95. The summed E-state index contributed by atoms with van der Waals surface area (Å²) < 4.78 is 19.1. The molecule has 1 atom stereocenters. The molecule has 2 aliphatic heterocycles. The molecule has 1 aromatic heterocycles. The highest BCUT2D eigenvalue weighted by atomic mass is 32.2. The Balaban J connectivity index is 1.08. The van der Waals surface area contributed by atoms with Gasteiger partial charge in [0.05, 0.1) is 19.0 Å². The van der Waals surface area contributed by atoms with E-state index in [1.165, 1.54) is 17.3 Å². The Bertz CT molecular complexity index is 1150. The summed E-state index contributed by atoms with van der Waals surface area (Å²) in [5.41, 5.74) is 2.34. The molecule has 0 saturated carbocycles. The van der Waals surface area contributed by atoms with Crippen LogP contribution in [0.5, 0.6) is 11.5 Å². The summed E-state index contributed by atoms with van der Waals surface area (Å²) in [5.74, 6) is 2.28. The Labute approximate surface area is 208 Å². The van der Waals surface area contributed by atoms with Gasteiger partial charge in [0.2, 0.25) is 5.91 Å². The van der Waals surface area contributed by atoms with Gasteiger partial charge in [0.15, 0.2) is 28.6 Å². The average Bonchev–Trinajstić information content (AvgIpc) is 3.27. The number of nitrogens with one attached hydrogen (secondary N) is 1. The number of carbonyl (C=O) groups is 1. The first kappa shape index (κ1) is 23.7. The van der Waals surface area contributed by atoms with Gasteiger partial charge in [-0.15, -0.1) is 10.2 Å². The van der Waals surface area contributed by atoms with E-state index in [1.54, 1.807) is 0 Å². The topological polar surface area (TPSA) is 90.7 Å². The number of hydrogen-bond acceptors (Lipinski definition) is 8. The minimum Gasteiger partial charge on any atom is -0.485 e. The Hall–Kier alpha value is -3.08. The molecule has 1 saturated heterocycles. The fraction of sp³-hybridized carbons (Fsp3) is 0.400. The molecule has 9 nitrogen and oxygen atoms in total. The van der Waals surface area contributed by atoms with Gasteiger partial charge in [-0.3, -0.25) is 9.69 Å². The van der Waals surface area contributed by atoms with Crippen molar-refractivity contribution in [3.63, 3.8) is 0 Å². The van der Waals surface area contributed by atoms with Crippen molar-refractivity contribution in [2.24, 2.45) is 7.05 Å². The van der Waals surface area contributed by atoms with Crippen LogP contribution in [0.4, 0.5) is 0 Å². The van der Waals surface area contributed by atoms with E-state index in [0.717, 1.165) is 44.2 Å². The summed E-state index contributed by atoms with van der Waals surface area (Å²) in [7, 11) is 1.87. The van der Waals surface area contributed by atoms with Gasteiger partial charge in [0.1, 0.15) is 6.61 Å². The van der Waals surface area contributed by atoms with E-state index in [1.807, 2.05) is 35.9 Å². The van der Waals surface area contributed by atoms with Gasteiger partial charge in [-0.2, -0.15) is 0 Å². The number of ether oxygens (including phenoxy) is 3. The molecule has 5 rings (SSSR count). The predicted octanol–water partition coefficient (Wildman–Crippen LogP) is 2.57. The standard InChI is InChI=1S/C25H29N5O4S/c1-29-24(22-16-33-20-4-2-3-5-21(20)34-22)27-28-25(29)35-17-23(31)26-14-18-6-8-19(9-7-18)15-30-10-12-32-13-11-30/h2-9,22H,10-17H2,1H3,(H,26,31)/t22-/m0/s1. The zero-order valence-corrected chi connectivity index (χ0v) is 20.5. The quantitative estimate of drug-likeness (QED) is 0.477. The van der Waals surface area contributed by atoms with Crippen molar-refractivity contribution in [1.82, 2.24) is 25.0 Å². The van der Waals surface area contributed by atoms with Crippen LogP contribution in [0.15, 0.2) is 53.7 Å². The van der Waals surface area contributed by atoms with Crippen molar-refractivity contribution in [3.8, 4) is 11.5 Å². The Morgan fingerprint density at radius 2 is 1.80 bits per heavy atom. The lowest BCUT2D eigenvalue weighted by Crippen LogP contribution is -2.35. The predicted molar refractivity (Wildman–Crippen MR) is 131 cm³/mol. The van der Waals surface area contributed by atoms with E-state index in [4.69, 9.17) is 14.2 Å². The molecular weight excluding hydrogens is 466 g/mol. The second-order valence-corrected chi connectivity index (χ2v) is 9.48. The van der Waals surface area contributed by atoms with Crippen molar-refractivity contribution in [3.05, 3.63) is 65.5 Å². The van der Waals surface area contributed by atoms with Gasteiger partial charge in [0, 0.05) is 33.2 Å². The van der Waals surface area contributed by atoms with Gasteiger partial charge < -0.3 is 24.1 Å². The van der Waals surface area contributed by atoms with Gasteiger partial charge in [-0.1, -0.05) is 48.2 Å². The SMILES string of the molecule is Cn1c(SCC(=O)NCc2ccc(CN3CCOCC3)cc2)nnc1[C@@H]1COc2ccccc2O1. The largest absolute Gasteiger partial charge is 0.485 e. The Morgan fingerprint density at radius 3 is 2.60 bits per heavy atom. The molecule has 1 N–H and O–H groups in total. The highest BCUT2D eigenvalue weighted by Crippen LogP contribution is 2.35. The number of nitrogens with zero attached hydrogens (tertiary/aromatic N) is 4. The third-order valence-electron chi connectivity index (χ3n) is 6.02. The zero-order chi connectivity index (χ0) is 24.0. The number of morpholine rings is 1. The minimum atomic E-state index is -0.350. The van der Waals surface area contributed by atoms with E-state index >= 15 is 0 Å². The third-order valence-corrected chi connectivity index (χ3v) is 7.04. The van der Waals surface area contributed by atoms with Gasteiger partial charge >= 0.3 is 0 Å². The molecule has 0 aliphatic carbocycles. The summed E-state index contributed by atoms with van der Waals surface area (Å²) in [5, 5.41) is 12.2. The molecule has 1 fully saturated rings. The van der Waals surface area contributed by atoms with Crippen LogP contribution in [0, 0.1) is 0 Å². The first-order valence-corrected chi connectivity index (χ1v) is 12.7. The lowest BCUT2D eigenvalue weighted by Gasteiger charge is -2.26. The fourth-order valence-corrected chi connectivity index (χ4v) is 4.79. The molecule has 0 spiro atoms. The maximum Gasteiger partial charge on any atom is 0.230 e. The van der Waals surface area contributed by atoms with Crippen LogP contribution >= 0.6 is 11.8 Å². The molecule has 3 aromatic rings. The van der Waals surface area contributed by atoms with Crippen LogP contribution in [0.25, 0.3) is 0 Å². The molecule has 10 heteroatoms. The van der Waals surface area contributed by atoms with Crippen molar-refractivity contribution in [2.75, 3.05) is 38.7 Å². The second-order valence-electron chi connectivity index (χ2n) is 8.53. The first-order chi connectivity index (χ1) is 17.2. The first-order valence-electron chi connectivity index (χ1n) is 11.7. The number of aromatic nitrogens is 3. The van der Waals surface area contributed by atoms with E-state index in [0.29, 0.717) is 29.9 Å². The summed E-state index contributed by atoms with van der Waals surface area (Å²) in [6.07, 6.45) is -0.350. The lowest BCUT2D eigenvalue weighted by atomic mass is 10.1. The highest BCUT2D eigenvalue weighted by molar-refractivity contribution is 7.99. The van der Waals surface area contributed by atoms with E-state index in [9.17, 15) is 4.79 Å². The normalized spacial score (nSPS) is 17.8. The van der Waals surface area contributed by atoms with Crippen LogP contribution in [0.1, 0.15) is 23.1 Å². The number of thioether (sulfide) groups is 1. The molecule has 2 aliphatic rings. The van der Waals surface area contributed by atoms with Crippen LogP contribution in [-0.4, -0.2) is 64.2 Å². The van der Waals surface area contributed by atoms with Crippen LogP contribution in [0.3, 0.4) is 0 Å². The fourth-order valence-electron chi connectivity index (χ4n) is 4.04. The van der Waals surface area contributed by atoms with Crippen molar-refractivity contribution >= 4 is 17.7 Å². The molecule has 0 radical (unpaired) electrons. The number of benzene rings is 2. The number of amides is 1. The molecule has 0 bridgehead atoms. The summed E-state index contributed by atoms with van der Waals surface area (Å²) in [6.45, 7) is 5.32. The van der Waals surface area contributed by atoms with Gasteiger partial charge in [-0.25, -0.2) is 0 Å². The number of rotatable bonds is 8. The molecule has 0 unspecified atom stereocenters. The molecule has 2 aromatic carbocycles. The van der Waals surface area contributed by atoms with Crippen molar-refractivity contribution < 1.29 is 19.0 Å². The maximum absolute atomic E-state index is 12.4. The molecule has 184 valence electrons. The average molecular weight is 496 g/mol.